The maximum atomic E-state index is 11.3. The highest BCUT2D eigenvalue weighted by molar-refractivity contribution is 7.89. The van der Waals surface area contributed by atoms with Crippen molar-refractivity contribution in [3.05, 3.63) is 23.2 Å². The van der Waals surface area contributed by atoms with E-state index in [9.17, 15) is 8.42 Å². The molecule has 0 heterocycles. The molecule has 0 spiro atoms. The molecule has 6 heteroatoms. The van der Waals surface area contributed by atoms with Crippen LogP contribution in [-0.2, 0) is 10.0 Å². The molecule has 20 heavy (non-hydrogen) atoms. The summed E-state index contributed by atoms with van der Waals surface area (Å²) in [5.74, 6) is 1.45. The molecule has 4 nitrogen and oxygen atoms in total. The van der Waals surface area contributed by atoms with Gasteiger partial charge in [-0.05, 0) is 42.9 Å². The molecule has 1 aliphatic carbocycles. The van der Waals surface area contributed by atoms with Crippen molar-refractivity contribution in [1.82, 2.24) is 0 Å². The minimum atomic E-state index is -3.69. The second-order valence-corrected chi connectivity index (χ2v) is 7.66. The zero-order valence-electron chi connectivity index (χ0n) is 11.6. The molecule has 0 aliphatic heterocycles. The van der Waals surface area contributed by atoms with E-state index in [4.69, 9.17) is 16.7 Å². The van der Waals surface area contributed by atoms with Crippen LogP contribution in [0.1, 0.15) is 32.6 Å². The predicted octanol–water partition coefficient (Wildman–Crippen LogP) is 3.23. The molecule has 112 valence electrons. The Labute approximate surface area is 125 Å². The first kappa shape index (κ1) is 15.6. The molecule has 0 atom stereocenters. The first-order valence-electron chi connectivity index (χ1n) is 6.92. The van der Waals surface area contributed by atoms with Gasteiger partial charge in [0.15, 0.2) is 0 Å². The zero-order chi connectivity index (χ0) is 14.8. The molecule has 2 rings (SSSR count). The van der Waals surface area contributed by atoms with E-state index in [0.717, 1.165) is 12.5 Å². The lowest BCUT2D eigenvalue weighted by atomic mass is 9.83. The van der Waals surface area contributed by atoms with Gasteiger partial charge in [0.1, 0.15) is 0 Å². The average molecular weight is 317 g/mol. The van der Waals surface area contributed by atoms with Gasteiger partial charge in [-0.2, -0.15) is 0 Å². The largest absolute Gasteiger partial charge is 0.384 e. The number of anilines is 1. The minimum Gasteiger partial charge on any atom is -0.384 e. The number of halogens is 1. The fourth-order valence-electron chi connectivity index (χ4n) is 2.60. The summed E-state index contributed by atoms with van der Waals surface area (Å²) >= 11 is 6.09. The summed E-state index contributed by atoms with van der Waals surface area (Å²) in [5.41, 5.74) is 0.636. The van der Waals surface area contributed by atoms with Crippen molar-refractivity contribution < 1.29 is 8.42 Å². The van der Waals surface area contributed by atoms with E-state index < -0.39 is 10.0 Å². The fraction of sp³-hybridized carbons (Fsp3) is 0.571. The molecule has 1 aromatic rings. The predicted molar refractivity (Wildman–Crippen MR) is 82.4 cm³/mol. The van der Waals surface area contributed by atoms with Crippen LogP contribution in [0.3, 0.4) is 0 Å². The number of nitrogens with two attached hydrogens (primary N) is 1. The van der Waals surface area contributed by atoms with Crippen LogP contribution in [0.5, 0.6) is 0 Å². The quantitative estimate of drug-likeness (QED) is 0.895. The number of hydrogen-bond acceptors (Lipinski definition) is 3. The highest BCUT2D eigenvalue weighted by Crippen LogP contribution is 2.30. The molecule has 1 fully saturated rings. The normalized spacial score (nSPS) is 23.6. The third-order valence-corrected chi connectivity index (χ3v) is 5.22. The van der Waals surface area contributed by atoms with Crippen LogP contribution < -0.4 is 10.5 Å². The second kappa shape index (κ2) is 6.33. The van der Waals surface area contributed by atoms with E-state index in [0.29, 0.717) is 16.6 Å². The van der Waals surface area contributed by atoms with Crippen LogP contribution in [0.15, 0.2) is 23.1 Å². The van der Waals surface area contributed by atoms with Gasteiger partial charge in [-0.3, -0.25) is 0 Å². The molecule has 1 aliphatic rings. The van der Waals surface area contributed by atoms with Gasteiger partial charge >= 0.3 is 0 Å². The van der Waals surface area contributed by atoms with E-state index in [1.807, 2.05) is 0 Å². The summed E-state index contributed by atoms with van der Waals surface area (Å²) in [6.07, 6.45) is 4.94. The number of rotatable bonds is 4. The van der Waals surface area contributed by atoms with Crippen LogP contribution in [-0.4, -0.2) is 15.0 Å². The summed E-state index contributed by atoms with van der Waals surface area (Å²) < 4.78 is 22.7. The van der Waals surface area contributed by atoms with Crippen molar-refractivity contribution in [2.24, 2.45) is 17.0 Å². The number of benzene rings is 1. The van der Waals surface area contributed by atoms with Gasteiger partial charge in [0.2, 0.25) is 10.0 Å². The van der Waals surface area contributed by atoms with Gasteiger partial charge in [0.25, 0.3) is 0 Å². The van der Waals surface area contributed by atoms with Crippen LogP contribution >= 0.6 is 11.6 Å². The number of primary sulfonamides is 1. The van der Waals surface area contributed by atoms with Gasteiger partial charge < -0.3 is 5.32 Å². The Hall–Kier alpha value is -0.780. The van der Waals surface area contributed by atoms with Gasteiger partial charge in [-0.1, -0.05) is 31.4 Å². The smallest absolute Gasteiger partial charge is 0.238 e. The summed E-state index contributed by atoms with van der Waals surface area (Å²) in [4.78, 5) is 0.0849. The highest BCUT2D eigenvalue weighted by Gasteiger charge is 2.18. The Morgan fingerprint density at radius 2 is 1.95 bits per heavy atom. The first-order valence-corrected chi connectivity index (χ1v) is 8.85. The fourth-order valence-corrected chi connectivity index (χ4v) is 3.33. The van der Waals surface area contributed by atoms with E-state index in [-0.39, 0.29) is 4.90 Å². The monoisotopic (exact) mass is 316 g/mol. The van der Waals surface area contributed by atoms with Crippen molar-refractivity contribution in [3.8, 4) is 0 Å². The van der Waals surface area contributed by atoms with Crippen molar-refractivity contribution in [2.75, 3.05) is 11.9 Å². The molecule has 1 aromatic carbocycles. The summed E-state index contributed by atoms with van der Waals surface area (Å²) in [6.45, 7) is 3.11. The molecule has 3 N–H and O–H groups in total. The minimum absolute atomic E-state index is 0.0849. The third kappa shape index (κ3) is 4.11. The van der Waals surface area contributed by atoms with Crippen LogP contribution in [0.2, 0.25) is 5.02 Å². The molecule has 0 amide bonds. The Kier molecular flexibility index (Phi) is 4.94. The van der Waals surface area contributed by atoms with Gasteiger partial charge in [0, 0.05) is 6.54 Å². The zero-order valence-corrected chi connectivity index (χ0v) is 13.2. The number of hydrogen-bond donors (Lipinski definition) is 2. The van der Waals surface area contributed by atoms with Crippen molar-refractivity contribution >= 4 is 27.3 Å². The number of sulfonamides is 1. The van der Waals surface area contributed by atoms with E-state index in [1.165, 1.54) is 37.8 Å². The van der Waals surface area contributed by atoms with Gasteiger partial charge in [-0.25, -0.2) is 13.6 Å². The molecule has 0 unspecified atom stereocenters. The number of nitrogens with one attached hydrogen (secondary N) is 1. The molecular weight excluding hydrogens is 296 g/mol. The Morgan fingerprint density at radius 3 is 2.55 bits per heavy atom. The van der Waals surface area contributed by atoms with Crippen LogP contribution in [0.25, 0.3) is 0 Å². The van der Waals surface area contributed by atoms with Crippen molar-refractivity contribution in [3.63, 3.8) is 0 Å². The van der Waals surface area contributed by atoms with E-state index in [2.05, 4.69) is 12.2 Å². The lowest BCUT2D eigenvalue weighted by Crippen LogP contribution is -2.20. The first-order chi connectivity index (χ1) is 9.36. The lowest BCUT2D eigenvalue weighted by molar-refractivity contribution is 0.300. The molecule has 0 saturated heterocycles. The molecular formula is C14H21ClN2O2S. The molecule has 0 radical (unpaired) electrons. The standard InChI is InChI=1S/C14H21ClN2O2S/c1-10-2-4-11(5-3-10)9-17-14-8-12(20(16,18)19)6-7-13(14)15/h6-8,10-11,17H,2-5,9H2,1H3,(H2,16,18,19). The van der Waals surface area contributed by atoms with E-state index in [1.54, 1.807) is 6.07 Å². The van der Waals surface area contributed by atoms with Crippen molar-refractivity contribution in [2.45, 2.75) is 37.5 Å². The van der Waals surface area contributed by atoms with Crippen LogP contribution in [0, 0.1) is 11.8 Å². The summed E-state index contributed by atoms with van der Waals surface area (Å²) in [5, 5.41) is 8.90. The van der Waals surface area contributed by atoms with Gasteiger partial charge in [0.05, 0.1) is 15.6 Å². The second-order valence-electron chi connectivity index (χ2n) is 5.69. The maximum absolute atomic E-state index is 11.3. The highest BCUT2D eigenvalue weighted by atomic mass is 35.5. The molecule has 0 bridgehead atoms. The SMILES string of the molecule is CC1CCC(CNc2cc(S(N)(=O)=O)ccc2Cl)CC1. The summed E-state index contributed by atoms with van der Waals surface area (Å²) in [7, 11) is -3.69. The molecule has 1 saturated carbocycles. The maximum Gasteiger partial charge on any atom is 0.238 e. The van der Waals surface area contributed by atoms with Crippen molar-refractivity contribution in [1.29, 1.82) is 0 Å². The Bertz CT molecular complexity index is 567. The average Bonchev–Trinajstić information content (AvgIpc) is 2.38. The van der Waals surface area contributed by atoms with Gasteiger partial charge in [-0.15, -0.1) is 0 Å². The van der Waals surface area contributed by atoms with E-state index >= 15 is 0 Å². The molecule has 0 aromatic heterocycles. The summed E-state index contributed by atoms with van der Waals surface area (Å²) in [6, 6.07) is 4.49. The topological polar surface area (TPSA) is 72.2 Å². The Morgan fingerprint density at radius 1 is 1.30 bits per heavy atom. The third-order valence-electron chi connectivity index (χ3n) is 3.98. The Balaban J connectivity index is 2.02. The van der Waals surface area contributed by atoms with Crippen LogP contribution in [0.4, 0.5) is 5.69 Å². The lowest BCUT2D eigenvalue weighted by Gasteiger charge is -2.26.